The Labute approximate surface area is 57.9 Å². The summed E-state index contributed by atoms with van der Waals surface area (Å²) in [6.45, 7) is 0. The summed E-state index contributed by atoms with van der Waals surface area (Å²) in [5.74, 6) is 0. The number of thiocyanates is 1. The van der Waals surface area contributed by atoms with Crippen LogP contribution in [0.3, 0.4) is 0 Å². The Bertz CT molecular complexity index is 143. The molecule has 1 heterocycles. The first kappa shape index (κ1) is 7.85. The van der Waals surface area contributed by atoms with Crippen molar-refractivity contribution >= 4 is 12.6 Å². The first-order chi connectivity index (χ1) is 4.41. The molecule has 1 aromatic heterocycles. The average Bonchev–Trinajstić information content (AvgIpc) is 1.93. The van der Waals surface area contributed by atoms with Crippen molar-refractivity contribution in [3.8, 4) is 5.40 Å². The minimum atomic E-state index is 1.44. The zero-order valence-electron chi connectivity index (χ0n) is 4.47. The number of nitriles is 1. The second-order valence-electron chi connectivity index (χ2n) is 0.911. The SMILES string of the molecule is N#CS.c1cnnnc1. The summed E-state index contributed by atoms with van der Waals surface area (Å²) < 4.78 is 0. The number of hydrogen-bond acceptors (Lipinski definition) is 5. The van der Waals surface area contributed by atoms with Gasteiger partial charge in [-0.1, -0.05) is 12.6 Å². The molecule has 0 saturated carbocycles. The minimum Gasteiger partial charge on any atom is -0.185 e. The molecule has 0 spiro atoms. The Hall–Kier alpha value is -1.15. The van der Waals surface area contributed by atoms with Gasteiger partial charge in [0.05, 0.1) is 12.4 Å². The van der Waals surface area contributed by atoms with Gasteiger partial charge in [0.2, 0.25) is 0 Å². The molecule has 0 aliphatic carbocycles. The molecular formula is C4H4N4S. The van der Waals surface area contributed by atoms with Gasteiger partial charge in [-0.15, -0.1) is 10.2 Å². The standard InChI is InChI=1S/C3H3N3.CHNS/c1-2-4-6-5-3-1;2-1-3/h1-3H;3H. The van der Waals surface area contributed by atoms with Crippen LogP contribution in [0.15, 0.2) is 18.5 Å². The maximum Gasteiger partial charge on any atom is 0.130 e. The minimum absolute atomic E-state index is 1.44. The second-order valence-corrected chi connectivity index (χ2v) is 1.11. The summed E-state index contributed by atoms with van der Waals surface area (Å²) in [5.41, 5.74) is 0. The summed E-state index contributed by atoms with van der Waals surface area (Å²) >= 11 is 3.09. The van der Waals surface area contributed by atoms with Crippen LogP contribution < -0.4 is 0 Å². The van der Waals surface area contributed by atoms with E-state index in [4.69, 9.17) is 5.26 Å². The molecule has 0 atom stereocenters. The molecule has 0 aliphatic rings. The Morgan fingerprint density at radius 1 is 1.33 bits per heavy atom. The lowest BCUT2D eigenvalue weighted by molar-refractivity contribution is 0.865. The van der Waals surface area contributed by atoms with E-state index < -0.39 is 0 Å². The summed E-state index contributed by atoms with van der Waals surface area (Å²) in [6, 6.07) is 1.72. The lowest BCUT2D eigenvalue weighted by Crippen LogP contribution is -1.78. The molecule has 0 N–H and O–H groups in total. The molecule has 5 heteroatoms. The third-order valence-corrected chi connectivity index (χ3v) is 0.409. The van der Waals surface area contributed by atoms with Crippen molar-refractivity contribution < 1.29 is 0 Å². The van der Waals surface area contributed by atoms with Gasteiger partial charge in [0.1, 0.15) is 5.40 Å². The van der Waals surface area contributed by atoms with E-state index in [0.29, 0.717) is 0 Å². The Morgan fingerprint density at radius 2 is 1.78 bits per heavy atom. The van der Waals surface area contributed by atoms with Crippen molar-refractivity contribution in [2.24, 2.45) is 0 Å². The van der Waals surface area contributed by atoms with Gasteiger partial charge >= 0.3 is 0 Å². The zero-order valence-corrected chi connectivity index (χ0v) is 5.36. The average molecular weight is 140 g/mol. The fourth-order valence-corrected chi connectivity index (χ4v) is 0.205. The Morgan fingerprint density at radius 3 is 1.89 bits per heavy atom. The maximum absolute atomic E-state index is 7.18. The lowest BCUT2D eigenvalue weighted by atomic mass is 10.7. The van der Waals surface area contributed by atoms with E-state index in [9.17, 15) is 0 Å². The van der Waals surface area contributed by atoms with Gasteiger partial charge in [-0.2, -0.15) is 5.26 Å². The number of aromatic nitrogens is 3. The van der Waals surface area contributed by atoms with Crippen LogP contribution in [0.4, 0.5) is 0 Å². The highest BCUT2D eigenvalue weighted by Crippen LogP contribution is 1.61. The predicted molar refractivity (Wildman–Crippen MR) is 34.4 cm³/mol. The Balaban J connectivity index is 0.000000187. The summed E-state index contributed by atoms with van der Waals surface area (Å²) in [5, 5.41) is 18.8. The van der Waals surface area contributed by atoms with Crippen LogP contribution in [0.5, 0.6) is 0 Å². The smallest absolute Gasteiger partial charge is 0.130 e. The molecule has 4 nitrogen and oxygen atoms in total. The van der Waals surface area contributed by atoms with Gasteiger partial charge in [0.15, 0.2) is 0 Å². The molecule has 0 saturated heterocycles. The van der Waals surface area contributed by atoms with Crippen LogP contribution in [0.1, 0.15) is 0 Å². The quantitative estimate of drug-likeness (QED) is 0.415. The van der Waals surface area contributed by atoms with Crippen LogP contribution in [0.2, 0.25) is 0 Å². The third-order valence-electron chi connectivity index (χ3n) is 0.409. The van der Waals surface area contributed by atoms with Crippen molar-refractivity contribution in [3.05, 3.63) is 18.5 Å². The van der Waals surface area contributed by atoms with Crippen molar-refractivity contribution in [2.45, 2.75) is 0 Å². The molecule has 0 fully saturated rings. The molecule has 0 unspecified atom stereocenters. The first-order valence-corrected chi connectivity index (χ1v) is 2.48. The monoisotopic (exact) mass is 140 g/mol. The molecule has 0 amide bonds. The fourth-order valence-electron chi connectivity index (χ4n) is 0.205. The zero-order chi connectivity index (χ0) is 6.95. The number of rotatable bonds is 0. The first-order valence-electron chi connectivity index (χ1n) is 2.03. The molecule has 46 valence electrons. The second kappa shape index (κ2) is 6.85. The van der Waals surface area contributed by atoms with E-state index in [0.717, 1.165) is 0 Å². The van der Waals surface area contributed by atoms with E-state index in [1.807, 2.05) is 0 Å². The summed E-state index contributed by atoms with van der Waals surface area (Å²) in [6.07, 6.45) is 3.15. The fraction of sp³-hybridized carbons (Fsp3) is 0. The highest BCUT2D eigenvalue weighted by Gasteiger charge is 1.60. The molecule has 0 aliphatic heterocycles. The van der Waals surface area contributed by atoms with Gasteiger partial charge in [-0.05, 0) is 11.3 Å². The number of hydrogen-bond donors (Lipinski definition) is 1. The normalized spacial score (nSPS) is 6.22. The van der Waals surface area contributed by atoms with Crippen molar-refractivity contribution in [3.63, 3.8) is 0 Å². The molecule has 0 radical (unpaired) electrons. The van der Waals surface area contributed by atoms with Crippen LogP contribution in [0.25, 0.3) is 0 Å². The van der Waals surface area contributed by atoms with Gasteiger partial charge in [-0.25, -0.2) is 0 Å². The van der Waals surface area contributed by atoms with Crippen LogP contribution in [0, 0.1) is 10.7 Å². The summed E-state index contributed by atoms with van der Waals surface area (Å²) in [7, 11) is 0. The largest absolute Gasteiger partial charge is 0.185 e. The van der Waals surface area contributed by atoms with Crippen LogP contribution in [-0.4, -0.2) is 15.4 Å². The summed E-state index contributed by atoms with van der Waals surface area (Å²) in [4.78, 5) is 0. The third kappa shape index (κ3) is 6.85. The van der Waals surface area contributed by atoms with E-state index in [1.54, 1.807) is 18.5 Å². The van der Waals surface area contributed by atoms with Gasteiger partial charge in [-0.3, -0.25) is 0 Å². The Kier molecular flexibility index (Phi) is 5.97. The molecule has 9 heavy (non-hydrogen) atoms. The van der Waals surface area contributed by atoms with Gasteiger partial charge in [0, 0.05) is 0 Å². The number of nitrogens with zero attached hydrogens (tertiary/aromatic N) is 4. The molecule has 1 rings (SSSR count). The van der Waals surface area contributed by atoms with Crippen molar-refractivity contribution in [1.29, 1.82) is 5.26 Å². The predicted octanol–water partition coefficient (Wildman–Crippen LogP) is 0.269. The van der Waals surface area contributed by atoms with Crippen molar-refractivity contribution in [1.82, 2.24) is 15.4 Å². The van der Waals surface area contributed by atoms with E-state index in [-0.39, 0.29) is 0 Å². The highest BCUT2D eigenvalue weighted by molar-refractivity contribution is 7.85. The molecular weight excluding hydrogens is 136 g/mol. The topological polar surface area (TPSA) is 62.5 Å². The maximum atomic E-state index is 7.18. The van der Waals surface area contributed by atoms with E-state index in [1.165, 1.54) is 5.40 Å². The molecule has 0 aromatic carbocycles. The van der Waals surface area contributed by atoms with Gasteiger partial charge < -0.3 is 0 Å². The van der Waals surface area contributed by atoms with Crippen molar-refractivity contribution in [2.75, 3.05) is 0 Å². The molecule has 0 bridgehead atoms. The van der Waals surface area contributed by atoms with E-state index in [2.05, 4.69) is 28.0 Å². The van der Waals surface area contributed by atoms with Crippen LogP contribution in [-0.2, 0) is 0 Å². The number of thiol groups is 1. The lowest BCUT2D eigenvalue weighted by Gasteiger charge is -1.68. The van der Waals surface area contributed by atoms with Crippen LogP contribution >= 0.6 is 12.6 Å². The molecule has 1 aromatic rings. The van der Waals surface area contributed by atoms with E-state index >= 15 is 0 Å². The van der Waals surface area contributed by atoms with Gasteiger partial charge in [0.25, 0.3) is 0 Å². The highest BCUT2D eigenvalue weighted by atomic mass is 32.1.